The van der Waals surface area contributed by atoms with Crippen LogP contribution in [0.2, 0.25) is 0 Å². The monoisotopic (exact) mass is 157 g/mol. The molecule has 0 radical (unpaired) electrons. The molecule has 3 nitrogen and oxygen atoms in total. The Labute approximate surface area is 66.4 Å². The van der Waals surface area contributed by atoms with Crippen LogP contribution in [0.1, 0.15) is 12.8 Å². The summed E-state index contributed by atoms with van der Waals surface area (Å²) < 4.78 is 0. The van der Waals surface area contributed by atoms with Gasteiger partial charge >= 0.3 is 0 Å². The largest absolute Gasteiger partial charge is 0.396 e. The normalized spacial score (nSPS) is 48.5. The van der Waals surface area contributed by atoms with Gasteiger partial charge in [0, 0.05) is 25.3 Å². The highest BCUT2D eigenvalue weighted by Crippen LogP contribution is 2.37. The van der Waals surface area contributed by atoms with Gasteiger partial charge in [0.1, 0.15) is 0 Å². The zero-order valence-corrected chi connectivity index (χ0v) is 6.53. The van der Waals surface area contributed by atoms with Crippen molar-refractivity contribution in [3.8, 4) is 0 Å². The zero-order chi connectivity index (χ0) is 7.84. The maximum Gasteiger partial charge on any atom is 0.0474 e. The minimum absolute atomic E-state index is 0.298. The molecule has 4 unspecified atom stereocenters. The maximum absolute atomic E-state index is 8.94. The topological polar surface area (TPSA) is 62.4 Å². The van der Waals surface area contributed by atoms with Crippen LogP contribution >= 0.6 is 0 Å². The Morgan fingerprint density at radius 3 is 1.82 bits per heavy atom. The van der Waals surface area contributed by atoms with Gasteiger partial charge in [-0.25, -0.2) is 0 Å². The second kappa shape index (κ2) is 2.73. The van der Waals surface area contributed by atoms with E-state index in [0.29, 0.717) is 37.1 Å². The van der Waals surface area contributed by atoms with Crippen molar-refractivity contribution >= 4 is 0 Å². The molecule has 1 heterocycles. The lowest BCUT2D eigenvalue weighted by Gasteiger charge is -2.22. The van der Waals surface area contributed by atoms with Gasteiger partial charge in [0.15, 0.2) is 0 Å². The van der Waals surface area contributed by atoms with Gasteiger partial charge in [0.25, 0.3) is 0 Å². The van der Waals surface area contributed by atoms with E-state index >= 15 is 0 Å². The van der Waals surface area contributed by atoms with Crippen molar-refractivity contribution in [3.63, 3.8) is 0 Å². The van der Waals surface area contributed by atoms with Crippen LogP contribution < -0.4 is 5.32 Å². The summed E-state index contributed by atoms with van der Waals surface area (Å²) in [7, 11) is 0. The van der Waals surface area contributed by atoms with Gasteiger partial charge in [0.2, 0.25) is 0 Å². The molecule has 2 rings (SSSR count). The van der Waals surface area contributed by atoms with Crippen molar-refractivity contribution in [2.45, 2.75) is 24.9 Å². The summed E-state index contributed by atoms with van der Waals surface area (Å²) in [5.41, 5.74) is 0. The minimum atomic E-state index is 0.298. The van der Waals surface area contributed by atoms with Crippen LogP contribution in [0, 0.1) is 11.8 Å². The Hall–Kier alpha value is -0.120. The molecular weight excluding hydrogens is 142 g/mol. The van der Waals surface area contributed by atoms with Gasteiger partial charge < -0.3 is 15.5 Å². The zero-order valence-electron chi connectivity index (χ0n) is 6.53. The van der Waals surface area contributed by atoms with Gasteiger partial charge in [-0.2, -0.15) is 0 Å². The molecule has 1 saturated heterocycles. The Kier molecular flexibility index (Phi) is 1.87. The Morgan fingerprint density at radius 2 is 1.45 bits per heavy atom. The van der Waals surface area contributed by atoms with Crippen molar-refractivity contribution in [2.75, 3.05) is 13.2 Å². The number of hydrogen-bond donors (Lipinski definition) is 3. The third kappa shape index (κ3) is 1.17. The van der Waals surface area contributed by atoms with Crippen LogP contribution in [-0.4, -0.2) is 35.5 Å². The quantitative estimate of drug-likeness (QED) is 0.466. The fourth-order valence-corrected chi connectivity index (χ4v) is 2.22. The Bertz CT molecular complexity index is 135. The Morgan fingerprint density at radius 1 is 1.00 bits per heavy atom. The summed E-state index contributed by atoms with van der Waals surface area (Å²) in [6.07, 6.45) is 2.13. The van der Waals surface area contributed by atoms with E-state index in [1.165, 1.54) is 0 Å². The lowest BCUT2D eigenvalue weighted by molar-refractivity contribution is 0.155. The molecule has 4 atom stereocenters. The van der Waals surface area contributed by atoms with Crippen molar-refractivity contribution in [1.82, 2.24) is 5.32 Å². The van der Waals surface area contributed by atoms with Crippen LogP contribution in [0.15, 0.2) is 0 Å². The molecule has 0 aromatic carbocycles. The predicted molar refractivity (Wildman–Crippen MR) is 41.1 cm³/mol. The average molecular weight is 157 g/mol. The predicted octanol–water partition coefficient (Wildman–Crippen LogP) is -0.662. The molecule has 3 heteroatoms. The molecule has 2 fully saturated rings. The molecule has 64 valence electrons. The van der Waals surface area contributed by atoms with Crippen LogP contribution in [0.4, 0.5) is 0 Å². The molecule has 11 heavy (non-hydrogen) atoms. The second-order valence-corrected chi connectivity index (χ2v) is 3.68. The first kappa shape index (κ1) is 7.53. The lowest BCUT2D eigenvalue weighted by Crippen LogP contribution is -2.27. The summed E-state index contributed by atoms with van der Waals surface area (Å²) in [6, 6.07) is 1.01. The van der Waals surface area contributed by atoms with E-state index in [0.717, 1.165) is 12.8 Å². The first-order valence-electron chi connectivity index (χ1n) is 4.34. The highest BCUT2D eigenvalue weighted by molar-refractivity contribution is 5.08. The van der Waals surface area contributed by atoms with Crippen LogP contribution in [0.3, 0.4) is 0 Å². The van der Waals surface area contributed by atoms with Gasteiger partial charge in [-0.05, 0) is 24.7 Å². The molecule has 0 aromatic heterocycles. The number of aliphatic hydroxyl groups is 2. The number of hydrogen-bond acceptors (Lipinski definition) is 3. The fraction of sp³-hybridized carbons (Fsp3) is 1.00. The van der Waals surface area contributed by atoms with Crippen molar-refractivity contribution in [3.05, 3.63) is 0 Å². The van der Waals surface area contributed by atoms with Crippen molar-refractivity contribution in [2.24, 2.45) is 11.8 Å². The fourth-order valence-electron chi connectivity index (χ4n) is 2.22. The standard InChI is InChI=1S/C8H15NO2/c10-3-5-1-2-6(4-11)8-7(5)9-8/h5-11H,1-4H2. The first-order chi connectivity index (χ1) is 5.36. The summed E-state index contributed by atoms with van der Waals surface area (Å²) >= 11 is 0. The van der Waals surface area contributed by atoms with E-state index in [1.54, 1.807) is 0 Å². The first-order valence-corrected chi connectivity index (χ1v) is 4.34. The van der Waals surface area contributed by atoms with Crippen molar-refractivity contribution < 1.29 is 10.2 Å². The molecule has 1 aliphatic carbocycles. The SMILES string of the molecule is OCC1CCC(CO)C2NC12. The molecule has 0 bridgehead atoms. The second-order valence-electron chi connectivity index (χ2n) is 3.68. The lowest BCUT2D eigenvalue weighted by atomic mass is 9.83. The van der Waals surface area contributed by atoms with Gasteiger partial charge in [-0.3, -0.25) is 0 Å². The number of fused-ring (bicyclic) bond motifs is 1. The smallest absolute Gasteiger partial charge is 0.0474 e. The van der Waals surface area contributed by atoms with Gasteiger partial charge in [0.05, 0.1) is 0 Å². The summed E-state index contributed by atoms with van der Waals surface area (Å²) in [4.78, 5) is 0. The summed E-state index contributed by atoms with van der Waals surface area (Å²) in [6.45, 7) is 0.596. The molecule has 1 saturated carbocycles. The maximum atomic E-state index is 8.94. The average Bonchev–Trinajstić information content (AvgIpc) is 2.81. The molecule has 0 amide bonds. The minimum Gasteiger partial charge on any atom is -0.396 e. The van der Waals surface area contributed by atoms with Crippen LogP contribution in [-0.2, 0) is 0 Å². The number of aliphatic hydroxyl groups excluding tert-OH is 2. The summed E-state index contributed by atoms with van der Waals surface area (Å²) in [5.74, 6) is 0.894. The molecule has 3 N–H and O–H groups in total. The third-order valence-corrected chi connectivity index (χ3v) is 3.06. The number of nitrogens with one attached hydrogen (secondary N) is 1. The van der Waals surface area contributed by atoms with Crippen LogP contribution in [0.5, 0.6) is 0 Å². The van der Waals surface area contributed by atoms with E-state index in [2.05, 4.69) is 5.32 Å². The summed E-state index contributed by atoms with van der Waals surface area (Å²) in [5, 5.41) is 21.2. The van der Waals surface area contributed by atoms with Crippen molar-refractivity contribution in [1.29, 1.82) is 0 Å². The molecule has 0 aromatic rings. The van der Waals surface area contributed by atoms with E-state index in [9.17, 15) is 0 Å². The van der Waals surface area contributed by atoms with E-state index in [1.807, 2.05) is 0 Å². The molecule has 1 aliphatic heterocycles. The Balaban J connectivity index is 1.92. The van der Waals surface area contributed by atoms with E-state index in [-0.39, 0.29) is 0 Å². The van der Waals surface area contributed by atoms with Crippen LogP contribution in [0.25, 0.3) is 0 Å². The van der Waals surface area contributed by atoms with E-state index in [4.69, 9.17) is 10.2 Å². The van der Waals surface area contributed by atoms with Gasteiger partial charge in [-0.15, -0.1) is 0 Å². The third-order valence-electron chi connectivity index (χ3n) is 3.06. The molecular formula is C8H15NO2. The highest BCUT2D eigenvalue weighted by atomic mass is 16.3. The van der Waals surface area contributed by atoms with Gasteiger partial charge in [-0.1, -0.05) is 0 Å². The number of rotatable bonds is 2. The van der Waals surface area contributed by atoms with E-state index < -0.39 is 0 Å². The molecule has 0 spiro atoms. The highest BCUT2D eigenvalue weighted by Gasteiger charge is 2.49. The molecule has 2 aliphatic rings.